The van der Waals surface area contributed by atoms with Crippen LogP contribution in [0.3, 0.4) is 0 Å². The highest BCUT2D eigenvalue weighted by molar-refractivity contribution is 6.07. The maximum absolute atomic E-state index is 13.8. The molecule has 1 atom stereocenters. The van der Waals surface area contributed by atoms with Crippen LogP contribution in [0.5, 0.6) is 0 Å². The summed E-state index contributed by atoms with van der Waals surface area (Å²) in [5.74, 6) is -0.00236. The summed E-state index contributed by atoms with van der Waals surface area (Å²) in [6, 6.07) is 17.0. The van der Waals surface area contributed by atoms with Crippen LogP contribution in [0.15, 0.2) is 73.1 Å². The molecule has 5 aromatic rings. The summed E-state index contributed by atoms with van der Waals surface area (Å²) in [7, 11) is 3.67. The zero-order valence-electron chi connectivity index (χ0n) is 19.0. The number of carbonyl (C=O) groups is 1. The second-order valence-electron chi connectivity index (χ2n) is 8.18. The van der Waals surface area contributed by atoms with Crippen molar-refractivity contribution in [2.45, 2.75) is 13.0 Å². The highest BCUT2D eigenvalue weighted by Gasteiger charge is 2.25. The molecule has 34 heavy (non-hydrogen) atoms. The molecule has 1 N–H and O–H groups in total. The fraction of sp³-hybridized carbons (Fsp3) is 0.154. The molecule has 0 saturated heterocycles. The average molecular weight is 455 g/mol. The first-order valence-corrected chi connectivity index (χ1v) is 10.9. The number of carbonyl (C=O) groups excluding carboxylic acids is 1. The lowest BCUT2D eigenvalue weighted by molar-refractivity contribution is 0.0942. The van der Waals surface area contributed by atoms with Crippen molar-refractivity contribution in [2.75, 3.05) is 0 Å². The SMILES string of the molecule is Cc1nn(C)c2nc(-c3ccccc3)cc(C(=O)NC(c3ccc(F)cc3)c3nccn3C)c12. The number of nitrogens with zero attached hydrogens (tertiary/aromatic N) is 5. The van der Waals surface area contributed by atoms with Gasteiger partial charge in [-0.25, -0.2) is 14.4 Å². The number of fused-ring (bicyclic) bond motifs is 1. The van der Waals surface area contributed by atoms with Gasteiger partial charge in [0, 0.05) is 32.1 Å². The molecule has 0 aliphatic carbocycles. The fourth-order valence-corrected chi connectivity index (χ4v) is 4.20. The highest BCUT2D eigenvalue weighted by atomic mass is 19.1. The Hall–Kier alpha value is -4.33. The van der Waals surface area contributed by atoms with E-state index in [1.54, 1.807) is 35.3 Å². The van der Waals surface area contributed by atoms with Crippen LogP contribution in [0.2, 0.25) is 0 Å². The second-order valence-corrected chi connectivity index (χ2v) is 8.18. The Morgan fingerprint density at radius 3 is 2.47 bits per heavy atom. The minimum atomic E-state index is -0.575. The molecule has 3 aromatic heterocycles. The number of benzene rings is 2. The second kappa shape index (κ2) is 8.55. The van der Waals surface area contributed by atoms with E-state index in [0.29, 0.717) is 33.8 Å². The number of hydrogen-bond acceptors (Lipinski definition) is 4. The van der Waals surface area contributed by atoms with Crippen molar-refractivity contribution in [3.8, 4) is 11.3 Å². The largest absolute Gasteiger partial charge is 0.338 e. The number of imidazole rings is 1. The number of aryl methyl sites for hydroxylation is 3. The van der Waals surface area contributed by atoms with Crippen molar-refractivity contribution in [3.05, 3.63) is 102 Å². The molecule has 0 aliphatic heterocycles. The molecule has 3 heterocycles. The molecule has 0 radical (unpaired) electrons. The summed E-state index contributed by atoms with van der Waals surface area (Å²) in [5.41, 5.74) is 4.11. The van der Waals surface area contributed by atoms with Gasteiger partial charge >= 0.3 is 0 Å². The summed E-state index contributed by atoms with van der Waals surface area (Å²) >= 11 is 0. The summed E-state index contributed by atoms with van der Waals surface area (Å²) in [5, 5.41) is 8.30. The molecule has 0 saturated carbocycles. The molecule has 8 heteroatoms. The number of hydrogen-bond donors (Lipinski definition) is 1. The molecule has 7 nitrogen and oxygen atoms in total. The van der Waals surface area contributed by atoms with Gasteiger partial charge in [-0.1, -0.05) is 42.5 Å². The van der Waals surface area contributed by atoms with E-state index in [0.717, 1.165) is 11.1 Å². The highest BCUT2D eigenvalue weighted by Crippen LogP contribution is 2.28. The van der Waals surface area contributed by atoms with Crippen molar-refractivity contribution >= 4 is 16.9 Å². The van der Waals surface area contributed by atoms with E-state index < -0.39 is 6.04 Å². The third-order valence-corrected chi connectivity index (χ3v) is 5.88. The Labute approximate surface area is 195 Å². The van der Waals surface area contributed by atoms with E-state index in [2.05, 4.69) is 15.4 Å². The third kappa shape index (κ3) is 3.83. The smallest absolute Gasteiger partial charge is 0.253 e. The number of halogens is 1. The van der Waals surface area contributed by atoms with Crippen LogP contribution in [0, 0.1) is 12.7 Å². The van der Waals surface area contributed by atoms with Gasteiger partial charge in [0.1, 0.15) is 17.7 Å². The monoisotopic (exact) mass is 454 g/mol. The number of rotatable bonds is 5. The number of amides is 1. The van der Waals surface area contributed by atoms with Crippen LogP contribution >= 0.6 is 0 Å². The van der Waals surface area contributed by atoms with Crippen LogP contribution in [-0.2, 0) is 14.1 Å². The first kappa shape index (κ1) is 21.5. The van der Waals surface area contributed by atoms with Crippen LogP contribution in [-0.4, -0.2) is 30.2 Å². The Morgan fingerprint density at radius 2 is 1.79 bits per heavy atom. The van der Waals surface area contributed by atoms with Gasteiger partial charge in [-0.2, -0.15) is 5.10 Å². The van der Waals surface area contributed by atoms with E-state index in [-0.39, 0.29) is 11.7 Å². The van der Waals surface area contributed by atoms with E-state index in [1.807, 2.05) is 55.9 Å². The molecule has 1 amide bonds. The first-order chi connectivity index (χ1) is 16.4. The molecule has 5 rings (SSSR count). The van der Waals surface area contributed by atoms with Crippen molar-refractivity contribution < 1.29 is 9.18 Å². The average Bonchev–Trinajstić information content (AvgIpc) is 3.40. The van der Waals surface area contributed by atoms with Crippen molar-refractivity contribution in [3.63, 3.8) is 0 Å². The minimum absolute atomic E-state index is 0.294. The Morgan fingerprint density at radius 1 is 1.06 bits per heavy atom. The van der Waals surface area contributed by atoms with Gasteiger partial charge in [0.25, 0.3) is 5.91 Å². The Bertz CT molecular complexity index is 1490. The zero-order chi connectivity index (χ0) is 23.8. The van der Waals surface area contributed by atoms with E-state index >= 15 is 0 Å². The quantitative estimate of drug-likeness (QED) is 0.429. The molecule has 0 spiro atoms. The third-order valence-electron chi connectivity index (χ3n) is 5.88. The van der Waals surface area contributed by atoms with Gasteiger partial charge in [-0.3, -0.25) is 9.48 Å². The molecule has 2 aromatic carbocycles. The van der Waals surface area contributed by atoms with Gasteiger partial charge in [-0.05, 0) is 30.7 Å². The topological polar surface area (TPSA) is 77.6 Å². The van der Waals surface area contributed by atoms with Crippen LogP contribution in [0.1, 0.15) is 33.5 Å². The van der Waals surface area contributed by atoms with Crippen molar-refractivity contribution in [1.29, 1.82) is 0 Å². The molecule has 0 aliphatic rings. The lowest BCUT2D eigenvalue weighted by atomic mass is 10.0. The van der Waals surface area contributed by atoms with Gasteiger partial charge in [0.15, 0.2) is 5.65 Å². The number of pyridine rings is 1. The lowest BCUT2D eigenvalue weighted by Gasteiger charge is -2.20. The summed E-state index contributed by atoms with van der Waals surface area (Å²) < 4.78 is 17.1. The van der Waals surface area contributed by atoms with Crippen LogP contribution in [0.25, 0.3) is 22.3 Å². The first-order valence-electron chi connectivity index (χ1n) is 10.9. The molecule has 1 unspecified atom stereocenters. The van der Waals surface area contributed by atoms with Gasteiger partial charge in [0.2, 0.25) is 0 Å². The fourth-order valence-electron chi connectivity index (χ4n) is 4.20. The minimum Gasteiger partial charge on any atom is -0.338 e. The predicted octanol–water partition coefficient (Wildman–Crippen LogP) is 4.34. The Balaban J connectivity index is 1.63. The maximum Gasteiger partial charge on any atom is 0.253 e. The molecular formula is C26H23FN6O. The molecule has 0 bridgehead atoms. The maximum atomic E-state index is 13.8. The summed E-state index contributed by atoms with van der Waals surface area (Å²) in [4.78, 5) is 23.0. The van der Waals surface area contributed by atoms with Crippen LogP contribution in [0.4, 0.5) is 4.39 Å². The van der Waals surface area contributed by atoms with E-state index in [4.69, 9.17) is 4.98 Å². The van der Waals surface area contributed by atoms with Crippen LogP contribution < -0.4 is 5.32 Å². The molecule has 0 fully saturated rings. The zero-order valence-corrected chi connectivity index (χ0v) is 19.0. The van der Waals surface area contributed by atoms with Gasteiger partial charge in [-0.15, -0.1) is 0 Å². The summed E-state index contributed by atoms with van der Waals surface area (Å²) in [6.45, 7) is 1.86. The van der Waals surface area contributed by atoms with Gasteiger partial charge < -0.3 is 9.88 Å². The molecule has 170 valence electrons. The predicted molar refractivity (Wildman–Crippen MR) is 128 cm³/mol. The summed E-state index contributed by atoms with van der Waals surface area (Å²) in [6.07, 6.45) is 3.48. The number of nitrogens with one attached hydrogen (secondary N) is 1. The van der Waals surface area contributed by atoms with Gasteiger partial charge in [0.05, 0.1) is 22.3 Å². The van der Waals surface area contributed by atoms with Crippen molar-refractivity contribution in [2.24, 2.45) is 14.1 Å². The van der Waals surface area contributed by atoms with Crippen molar-refractivity contribution in [1.82, 2.24) is 29.6 Å². The molecular weight excluding hydrogens is 431 g/mol. The lowest BCUT2D eigenvalue weighted by Crippen LogP contribution is -2.31. The van der Waals surface area contributed by atoms with E-state index in [9.17, 15) is 9.18 Å². The Kier molecular flexibility index (Phi) is 5.41. The standard InChI is InChI=1S/C26H23FN6O/c1-16-22-20(15-21(17-7-5-4-6-8-17)29-24(22)33(3)31-16)26(34)30-23(25-28-13-14-32(25)2)18-9-11-19(27)12-10-18/h4-15,23H,1-3H3,(H,30,34). The number of aromatic nitrogens is 5. The van der Waals surface area contributed by atoms with E-state index in [1.165, 1.54) is 12.1 Å². The normalized spacial score (nSPS) is 12.1.